The second kappa shape index (κ2) is 6.29. The van der Waals surface area contributed by atoms with E-state index in [1.165, 1.54) is 0 Å². The molecule has 24 heavy (non-hydrogen) atoms. The van der Waals surface area contributed by atoms with Gasteiger partial charge in [-0.2, -0.15) is 0 Å². The molecular formula is C18H18N4O2. The lowest BCUT2D eigenvalue weighted by Gasteiger charge is -2.15. The molecule has 0 aliphatic rings. The Labute approximate surface area is 139 Å². The number of nitrogen functional groups attached to an aromatic ring is 2. The lowest BCUT2D eigenvalue weighted by molar-refractivity contribution is 0.475. The van der Waals surface area contributed by atoms with Crippen molar-refractivity contribution < 1.29 is 10.2 Å². The number of anilines is 6. The van der Waals surface area contributed by atoms with Gasteiger partial charge in [0.25, 0.3) is 0 Å². The van der Waals surface area contributed by atoms with Crippen molar-refractivity contribution in [1.29, 1.82) is 0 Å². The van der Waals surface area contributed by atoms with Crippen molar-refractivity contribution in [3.8, 4) is 11.5 Å². The molecule has 6 nitrogen and oxygen atoms in total. The summed E-state index contributed by atoms with van der Waals surface area (Å²) in [7, 11) is 0. The van der Waals surface area contributed by atoms with E-state index in [0.29, 0.717) is 34.1 Å². The Kier molecular flexibility index (Phi) is 4.03. The summed E-state index contributed by atoms with van der Waals surface area (Å²) in [5.41, 5.74) is 15.7. The molecule has 8 N–H and O–H groups in total. The number of nitrogens with two attached hydrogens (primary N) is 2. The van der Waals surface area contributed by atoms with Gasteiger partial charge in [0.15, 0.2) is 0 Å². The van der Waals surface area contributed by atoms with Crippen LogP contribution in [0.4, 0.5) is 34.1 Å². The highest BCUT2D eigenvalue weighted by Gasteiger charge is 2.08. The lowest BCUT2D eigenvalue weighted by Crippen LogP contribution is -2.02. The second-order valence-electron chi connectivity index (χ2n) is 5.38. The molecule has 0 bridgehead atoms. The third-order valence-electron chi connectivity index (χ3n) is 3.47. The van der Waals surface area contributed by atoms with Crippen molar-refractivity contribution in [1.82, 2.24) is 0 Å². The van der Waals surface area contributed by atoms with Crippen LogP contribution in [0.1, 0.15) is 0 Å². The largest absolute Gasteiger partial charge is 0.508 e. The van der Waals surface area contributed by atoms with E-state index in [4.69, 9.17) is 11.5 Å². The van der Waals surface area contributed by atoms with Gasteiger partial charge in [0.1, 0.15) is 11.5 Å². The minimum absolute atomic E-state index is 0.159. The van der Waals surface area contributed by atoms with Crippen LogP contribution in [0.2, 0.25) is 0 Å². The van der Waals surface area contributed by atoms with Gasteiger partial charge in [-0.3, -0.25) is 0 Å². The second-order valence-corrected chi connectivity index (χ2v) is 5.38. The summed E-state index contributed by atoms with van der Waals surface area (Å²) in [5, 5.41) is 25.4. The Balaban J connectivity index is 1.91. The number of phenols is 2. The Bertz CT molecular complexity index is 812. The van der Waals surface area contributed by atoms with Crippen LogP contribution in [0.3, 0.4) is 0 Å². The van der Waals surface area contributed by atoms with E-state index >= 15 is 0 Å². The standard InChI is InChI=1S/C18H18N4O2/c19-15-9-16(20)18(22-12-4-2-6-14(24)8-12)10-17(15)21-11-3-1-5-13(23)7-11/h1-10,21-24H,19-20H2. The third kappa shape index (κ3) is 3.44. The SMILES string of the molecule is Nc1cc(N)c(Nc2cccc(O)c2)cc1Nc1cccc(O)c1. The van der Waals surface area contributed by atoms with Crippen molar-refractivity contribution in [2.45, 2.75) is 0 Å². The van der Waals surface area contributed by atoms with Gasteiger partial charge in [-0.05, 0) is 36.4 Å². The predicted octanol–water partition coefficient (Wildman–Crippen LogP) is 3.75. The minimum Gasteiger partial charge on any atom is -0.508 e. The van der Waals surface area contributed by atoms with Gasteiger partial charge in [0.05, 0.1) is 22.7 Å². The zero-order chi connectivity index (χ0) is 17.1. The maximum absolute atomic E-state index is 9.55. The van der Waals surface area contributed by atoms with Gasteiger partial charge in [-0.25, -0.2) is 0 Å². The van der Waals surface area contributed by atoms with E-state index in [2.05, 4.69) is 10.6 Å². The predicted molar refractivity (Wildman–Crippen MR) is 98.0 cm³/mol. The van der Waals surface area contributed by atoms with E-state index in [1.54, 1.807) is 48.5 Å². The van der Waals surface area contributed by atoms with Crippen LogP contribution in [-0.2, 0) is 0 Å². The first-order valence-electron chi connectivity index (χ1n) is 7.32. The number of nitrogens with one attached hydrogen (secondary N) is 2. The maximum atomic E-state index is 9.55. The van der Waals surface area contributed by atoms with E-state index in [0.717, 1.165) is 0 Å². The van der Waals surface area contributed by atoms with Crippen LogP contribution in [0.25, 0.3) is 0 Å². The topological polar surface area (TPSA) is 117 Å². The van der Waals surface area contributed by atoms with Gasteiger partial charge in [0.2, 0.25) is 0 Å². The number of hydrogen-bond acceptors (Lipinski definition) is 6. The fourth-order valence-corrected chi connectivity index (χ4v) is 2.33. The van der Waals surface area contributed by atoms with Crippen molar-refractivity contribution in [2.24, 2.45) is 0 Å². The summed E-state index contributed by atoms with van der Waals surface area (Å²) >= 11 is 0. The summed E-state index contributed by atoms with van der Waals surface area (Å²) in [6, 6.07) is 16.9. The average Bonchev–Trinajstić information content (AvgIpc) is 2.52. The monoisotopic (exact) mass is 322 g/mol. The van der Waals surface area contributed by atoms with Gasteiger partial charge in [-0.15, -0.1) is 0 Å². The number of rotatable bonds is 4. The van der Waals surface area contributed by atoms with Gasteiger partial charge >= 0.3 is 0 Å². The molecule has 0 radical (unpaired) electrons. The zero-order valence-corrected chi connectivity index (χ0v) is 12.8. The molecule has 122 valence electrons. The summed E-state index contributed by atoms with van der Waals surface area (Å²) in [6.45, 7) is 0. The summed E-state index contributed by atoms with van der Waals surface area (Å²) in [6.07, 6.45) is 0. The lowest BCUT2D eigenvalue weighted by atomic mass is 10.2. The molecule has 0 heterocycles. The Morgan fingerprint density at radius 3 is 1.50 bits per heavy atom. The molecule has 0 atom stereocenters. The molecule has 0 fully saturated rings. The van der Waals surface area contributed by atoms with E-state index < -0.39 is 0 Å². The number of hydrogen-bond donors (Lipinski definition) is 6. The number of aromatic hydroxyl groups is 2. The fourth-order valence-electron chi connectivity index (χ4n) is 2.33. The van der Waals surface area contributed by atoms with Crippen LogP contribution in [0, 0.1) is 0 Å². The van der Waals surface area contributed by atoms with Crippen LogP contribution in [0.5, 0.6) is 11.5 Å². The van der Waals surface area contributed by atoms with Crippen molar-refractivity contribution in [3.63, 3.8) is 0 Å². The normalized spacial score (nSPS) is 10.3. The molecule has 0 aromatic heterocycles. The number of phenolic OH excluding ortho intramolecular Hbond substituents is 2. The van der Waals surface area contributed by atoms with E-state index in [-0.39, 0.29) is 11.5 Å². The molecule has 0 saturated heterocycles. The smallest absolute Gasteiger partial charge is 0.117 e. The first-order chi connectivity index (χ1) is 11.5. The maximum Gasteiger partial charge on any atom is 0.117 e. The average molecular weight is 322 g/mol. The van der Waals surface area contributed by atoms with Gasteiger partial charge in [-0.1, -0.05) is 12.1 Å². The first-order valence-corrected chi connectivity index (χ1v) is 7.32. The Morgan fingerprint density at radius 1 is 0.625 bits per heavy atom. The molecule has 0 unspecified atom stereocenters. The van der Waals surface area contributed by atoms with Crippen molar-refractivity contribution >= 4 is 34.1 Å². The molecule has 0 aliphatic carbocycles. The molecule has 3 aromatic rings. The van der Waals surface area contributed by atoms with Crippen LogP contribution < -0.4 is 22.1 Å². The summed E-state index contributed by atoms with van der Waals surface area (Å²) in [4.78, 5) is 0. The highest BCUT2D eigenvalue weighted by molar-refractivity contribution is 5.85. The highest BCUT2D eigenvalue weighted by atomic mass is 16.3. The quantitative estimate of drug-likeness (QED) is 0.407. The summed E-state index contributed by atoms with van der Waals surface area (Å²) < 4.78 is 0. The number of benzene rings is 3. The Hall–Kier alpha value is -3.54. The van der Waals surface area contributed by atoms with Crippen LogP contribution in [-0.4, -0.2) is 10.2 Å². The summed E-state index contributed by atoms with van der Waals surface area (Å²) in [5.74, 6) is 0.319. The third-order valence-corrected chi connectivity index (χ3v) is 3.47. The molecule has 0 amide bonds. The molecule has 0 spiro atoms. The molecule has 6 heteroatoms. The van der Waals surface area contributed by atoms with Gasteiger partial charge in [0, 0.05) is 23.5 Å². The van der Waals surface area contributed by atoms with Gasteiger partial charge < -0.3 is 32.3 Å². The van der Waals surface area contributed by atoms with Crippen LogP contribution in [0.15, 0.2) is 60.7 Å². The zero-order valence-electron chi connectivity index (χ0n) is 12.8. The van der Waals surface area contributed by atoms with E-state index in [1.807, 2.05) is 12.1 Å². The molecule has 3 aromatic carbocycles. The van der Waals surface area contributed by atoms with Crippen molar-refractivity contribution in [2.75, 3.05) is 22.1 Å². The van der Waals surface area contributed by atoms with E-state index in [9.17, 15) is 10.2 Å². The molecular weight excluding hydrogens is 304 g/mol. The molecule has 0 saturated carbocycles. The first kappa shape index (κ1) is 15.4. The molecule has 0 aliphatic heterocycles. The molecule has 3 rings (SSSR count). The van der Waals surface area contributed by atoms with Crippen LogP contribution >= 0.6 is 0 Å². The minimum atomic E-state index is 0.159. The highest BCUT2D eigenvalue weighted by Crippen LogP contribution is 2.34. The fraction of sp³-hybridized carbons (Fsp3) is 0. The van der Waals surface area contributed by atoms with Crippen molar-refractivity contribution in [3.05, 3.63) is 60.7 Å². The Morgan fingerprint density at radius 2 is 1.08 bits per heavy atom.